The Labute approximate surface area is 118 Å². The zero-order valence-electron chi connectivity index (χ0n) is 10.2. The largest absolute Gasteiger partial charge is 0.294 e. The SMILES string of the molecule is CC(=O)SCC1CC(=O)N(c2n[nH]c(C)c2Br)C1. The van der Waals surface area contributed by atoms with Gasteiger partial charge in [0, 0.05) is 31.3 Å². The van der Waals surface area contributed by atoms with Gasteiger partial charge in [-0.15, -0.1) is 0 Å². The van der Waals surface area contributed by atoms with Crippen molar-refractivity contribution in [2.24, 2.45) is 5.92 Å². The van der Waals surface area contributed by atoms with E-state index in [-0.39, 0.29) is 16.9 Å². The Morgan fingerprint density at radius 3 is 2.94 bits per heavy atom. The van der Waals surface area contributed by atoms with Crippen LogP contribution in [-0.4, -0.2) is 33.5 Å². The number of rotatable bonds is 3. The molecular formula is C11H14BrN3O2S. The number of aromatic amines is 1. The van der Waals surface area contributed by atoms with E-state index >= 15 is 0 Å². The predicted octanol–water partition coefficient (Wildman–Crippen LogP) is 2.11. The first-order valence-corrected chi connectivity index (χ1v) is 7.41. The van der Waals surface area contributed by atoms with Crippen molar-refractivity contribution in [1.82, 2.24) is 10.2 Å². The fourth-order valence-electron chi connectivity index (χ4n) is 1.91. The van der Waals surface area contributed by atoms with E-state index in [4.69, 9.17) is 0 Å². The van der Waals surface area contributed by atoms with E-state index in [9.17, 15) is 9.59 Å². The van der Waals surface area contributed by atoms with E-state index in [2.05, 4.69) is 26.1 Å². The Morgan fingerprint density at radius 2 is 2.39 bits per heavy atom. The molecule has 1 aliphatic heterocycles. The van der Waals surface area contributed by atoms with Crippen molar-refractivity contribution in [1.29, 1.82) is 0 Å². The zero-order valence-corrected chi connectivity index (χ0v) is 12.6. The van der Waals surface area contributed by atoms with Gasteiger partial charge in [-0.1, -0.05) is 11.8 Å². The van der Waals surface area contributed by atoms with Gasteiger partial charge in [0.1, 0.15) is 0 Å². The molecule has 0 bridgehead atoms. The number of thioether (sulfide) groups is 1. The zero-order chi connectivity index (χ0) is 13.3. The number of hydrogen-bond acceptors (Lipinski definition) is 4. The van der Waals surface area contributed by atoms with Crippen molar-refractivity contribution in [3.63, 3.8) is 0 Å². The van der Waals surface area contributed by atoms with Crippen molar-refractivity contribution in [2.75, 3.05) is 17.2 Å². The van der Waals surface area contributed by atoms with Crippen LogP contribution in [0.25, 0.3) is 0 Å². The van der Waals surface area contributed by atoms with Crippen molar-refractivity contribution >= 4 is 44.5 Å². The number of carbonyl (C=O) groups excluding carboxylic acids is 2. The predicted molar refractivity (Wildman–Crippen MR) is 74.6 cm³/mol. The smallest absolute Gasteiger partial charge is 0.228 e. The third-order valence-corrected chi connectivity index (χ3v) is 4.83. The number of aryl methyl sites for hydroxylation is 1. The van der Waals surface area contributed by atoms with Crippen LogP contribution < -0.4 is 4.90 Å². The molecule has 1 N–H and O–H groups in total. The Morgan fingerprint density at radius 1 is 1.67 bits per heavy atom. The molecule has 1 fully saturated rings. The normalized spacial score (nSPS) is 19.6. The lowest BCUT2D eigenvalue weighted by atomic mass is 10.1. The van der Waals surface area contributed by atoms with Gasteiger partial charge in [-0.2, -0.15) is 5.10 Å². The lowest BCUT2D eigenvalue weighted by molar-refractivity contribution is -0.117. The number of amides is 1. The van der Waals surface area contributed by atoms with Gasteiger partial charge in [-0.3, -0.25) is 19.6 Å². The van der Waals surface area contributed by atoms with Crippen LogP contribution in [0, 0.1) is 12.8 Å². The second kappa shape index (κ2) is 5.44. The van der Waals surface area contributed by atoms with Crippen molar-refractivity contribution in [3.05, 3.63) is 10.2 Å². The third kappa shape index (κ3) is 2.77. The Bertz CT molecular complexity index is 489. The molecule has 2 rings (SSSR count). The summed E-state index contributed by atoms with van der Waals surface area (Å²) in [6.45, 7) is 4.07. The summed E-state index contributed by atoms with van der Waals surface area (Å²) in [5, 5.41) is 7.08. The molecule has 1 aromatic heterocycles. The number of aromatic nitrogens is 2. The first-order chi connectivity index (χ1) is 8.49. The molecule has 98 valence electrons. The molecule has 18 heavy (non-hydrogen) atoms. The van der Waals surface area contributed by atoms with E-state index in [0.29, 0.717) is 24.5 Å². The standard InChI is InChI=1S/C11H14BrN3O2S/c1-6-10(12)11(14-13-6)15-4-8(3-9(15)17)5-18-7(2)16/h8H,3-5H2,1-2H3,(H,13,14). The third-order valence-electron chi connectivity index (χ3n) is 2.84. The lowest BCUT2D eigenvalue weighted by Gasteiger charge is -2.13. The first-order valence-electron chi connectivity index (χ1n) is 5.63. The molecule has 1 saturated heterocycles. The summed E-state index contributed by atoms with van der Waals surface area (Å²) in [7, 11) is 0. The van der Waals surface area contributed by atoms with Gasteiger partial charge < -0.3 is 0 Å². The van der Waals surface area contributed by atoms with E-state index in [1.54, 1.807) is 11.8 Å². The number of H-pyrrole nitrogens is 1. The van der Waals surface area contributed by atoms with Crippen LogP contribution in [0.15, 0.2) is 4.47 Å². The van der Waals surface area contributed by atoms with Gasteiger partial charge in [-0.25, -0.2) is 0 Å². The van der Waals surface area contributed by atoms with Crippen molar-refractivity contribution < 1.29 is 9.59 Å². The highest BCUT2D eigenvalue weighted by atomic mass is 79.9. The molecule has 5 nitrogen and oxygen atoms in total. The van der Waals surface area contributed by atoms with Crippen LogP contribution in [0.2, 0.25) is 0 Å². The highest BCUT2D eigenvalue weighted by molar-refractivity contribution is 9.10. The van der Waals surface area contributed by atoms with Gasteiger partial charge in [-0.05, 0) is 28.8 Å². The summed E-state index contributed by atoms with van der Waals surface area (Å²) >= 11 is 4.70. The average Bonchev–Trinajstić information content (AvgIpc) is 2.82. The van der Waals surface area contributed by atoms with Gasteiger partial charge in [0.2, 0.25) is 5.91 Å². The second-order valence-corrected chi connectivity index (χ2v) is 6.35. The van der Waals surface area contributed by atoms with Crippen molar-refractivity contribution in [2.45, 2.75) is 20.3 Å². The van der Waals surface area contributed by atoms with Crippen LogP contribution in [0.5, 0.6) is 0 Å². The lowest BCUT2D eigenvalue weighted by Crippen LogP contribution is -2.25. The van der Waals surface area contributed by atoms with Gasteiger partial charge in [0.15, 0.2) is 10.9 Å². The number of anilines is 1. The molecule has 1 atom stereocenters. The number of nitrogens with zero attached hydrogens (tertiary/aromatic N) is 2. The summed E-state index contributed by atoms with van der Waals surface area (Å²) < 4.78 is 0.829. The van der Waals surface area contributed by atoms with Crippen LogP contribution in [-0.2, 0) is 9.59 Å². The fourth-order valence-corrected chi connectivity index (χ4v) is 3.00. The van der Waals surface area contributed by atoms with Crippen molar-refractivity contribution in [3.8, 4) is 0 Å². The van der Waals surface area contributed by atoms with E-state index in [0.717, 1.165) is 10.2 Å². The minimum atomic E-state index is 0.0661. The summed E-state index contributed by atoms with van der Waals surface area (Å²) in [5.74, 6) is 1.62. The molecule has 1 unspecified atom stereocenters. The maximum absolute atomic E-state index is 11.9. The number of halogens is 1. The molecule has 0 aliphatic carbocycles. The molecule has 7 heteroatoms. The molecule has 1 aromatic rings. The highest BCUT2D eigenvalue weighted by Crippen LogP contribution is 2.32. The molecular weight excluding hydrogens is 318 g/mol. The topological polar surface area (TPSA) is 66.1 Å². The first kappa shape index (κ1) is 13.6. The average molecular weight is 332 g/mol. The summed E-state index contributed by atoms with van der Waals surface area (Å²) in [6.07, 6.45) is 0.485. The quantitative estimate of drug-likeness (QED) is 0.921. The number of carbonyl (C=O) groups is 2. The fraction of sp³-hybridized carbons (Fsp3) is 0.545. The van der Waals surface area contributed by atoms with Gasteiger partial charge in [0.05, 0.1) is 4.47 Å². The molecule has 1 amide bonds. The van der Waals surface area contributed by atoms with Crippen LogP contribution in [0.4, 0.5) is 5.82 Å². The number of nitrogens with one attached hydrogen (secondary N) is 1. The summed E-state index contributed by atoms with van der Waals surface area (Å²) in [5.41, 5.74) is 0.902. The Balaban J connectivity index is 2.05. The van der Waals surface area contributed by atoms with E-state index < -0.39 is 0 Å². The molecule has 0 radical (unpaired) electrons. The second-order valence-electron chi connectivity index (χ2n) is 4.36. The minimum Gasteiger partial charge on any atom is -0.294 e. The molecule has 0 spiro atoms. The van der Waals surface area contributed by atoms with Crippen LogP contribution in [0.1, 0.15) is 19.0 Å². The Hall–Kier alpha value is -0.820. The van der Waals surface area contributed by atoms with Crippen LogP contribution in [0.3, 0.4) is 0 Å². The minimum absolute atomic E-state index is 0.0661. The molecule has 1 aliphatic rings. The maximum Gasteiger partial charge on any atom is 0.228 e. The molecule has 2 heterocycles. The highest BCUT2D eigenvalue weighted by Gasteiger charge is 2.33. The van der Waals surface area contributed by atoms with E-state index in [1.165, 1.54) is 11.8 Å². The number of hydrogen-bond donors (Lipinski definition) is 1. The maximum atomic E-state index is 11.9. The van der Waals surface area contributed by atoms with Gasteiger partial charge >= 0.3 is 0 Å². The van der Waals surface area contributed by atoms with Gasteiger partial charge in [0.25, 0.3) is 0 Å². The summed E-state index contributed by atoms with van der Waals surface area (Å²) in [6, 6.07) is 0. The summed E-state index contributed by atoms with van der Waals surface area (Å²) in [4.78, 5) is 24.6. The monoisotopic (exact) mass is 331 g/mol. The van der Waals surface area contributed by atoms with E-state index in [1.807, 2.05) is 6.92 Å². The van der Waals surface area contributed by atoms with Crippen LogP contribution >= 0.6 is 27.7 Å². The molecule has 0 saturated carbocycles. The Kier molecular flexibility index (Phi) is 4.11. The molecule has 0 aromatic carbocycles.